The number of nitrogens with one attached hydrogen (secondary N) is 1. The van der Waals surface area contributed by atoms with Crippen molar-refractivity contribution in [1.29, 1.82) is 0 Å². The largest absolute Gasteiger partial charge is 0.348 e. The van der Waals surface area contributed by atoms with Gasteiger partial charge in [-0.05, 0) is 18.6 Å². The minimum atomic E-state index is -0.181. The number of piperazine rings is 1. The van der Waals surface area contributed by atoms with E-state index in [9.17, 15) is 14.4 Å². The maximum absolute atomic E-state index is 12.4. The first-order valence-corrected chi connectivity index (χ1v) is 7.95. The summed E-state index contributed by atoms with van der Waals surface area (Å²) in [6.07, 6.45) is 0.783. The average molecular weight is 332 g/mol. The van der Waals surface area contributed by atoms with E-state index in [-0.39, 0.29) is 11.9 Å². The summed E-state index contributed by atoms with van der Waals surface area (Å²) in [5, 5.41) is 2.86. The van der Waals surface area contributed by atoms with E-state index in [2.05, 4.69) is 5.32 Å². The van der Waals surface area contributed by atoms with Gasteiger partial charge >= 0.3 is 6.03 Å². The van der Waals surface area contributed by atoms with Gasteiger partial charge in [0.15, 0.2) is 0 Å². The highest BCUT2D eigenvalue weighted by molar-refractivity contribution is 5.92. The molecular weight excluding hydrogens is 308 g/mol. The van der Waals surface area contributed by atoms with Gasteiger partial charge in [-0.3, -0.25) is 14.5 Å². The molecule has 0 aromatic heterocycles. The molecule has 7 nitrogen and oxygen atoms in total. The van der Waals surface area contributed by atoms with Crippen molar-refractivity contribution in [3.05, 3.63) is 29.3 Å². The fourth-order valence-corrected chi connectivity index (χ4v) is 2.55. The van der Waals surface area contributed by atoms with Gasteiger partial charge in [-0.1, -0.05) is 12.1 Å². The Balaban J connectivity index is 1.89. The van der Waals surface area contributed by atoms with Gasteiger partial charge in [-0.15, -0.1) is 0 Å². The number of anilines is 1. The van der Waals surface area contributed by atoms with E-state index in [0.717, 1.165) is 11.8 Å². The molecule has 0 unspecified atom stereocenters. The van der Waals surface area contributed by atoms with Crippen molar-refractivity contribution in [1.82, 2.24) is 14.7 Å². The molecule has 0 atom stereocenters. The summed E-state index contributed by atoms with van der Waals surface area (Å²) in [6, 6.07) is 5.07. The zero-order valence-electron chi connectivity index (χ0n) is 14.4. The van der Waals surface area contributed by atoms with E-state index in [1.807, 2.05) is 11.8 Å². The first kappa shape index (κ1) is 17.9. The zero-order valence-corrected chi connectivity index (χ0v) is 14.4. The second-order valence-electron chi connectivity index (χ2n) is 6.12. The average Bonchev–Trinajstić information content (AvgIpc) is 2.57. The Morgan fingerprint density at radius 3 is 2.46 bits per heavy atom. The standard InChI is InChI=1S/C17H24N4O3/c1-13-14(12-22)5-4-6-15(13)18-17(24)21-9-7-20(8-10-21)11-16(23)19(2)3/h4-6,12H,7-11H2,1-3H3,(H,18,24). The fraction of sp³-hybridized carbons (Fsp3) is 0.471. The predicted molar refractivity (Wildman–Crippen MR) is 92.3 cm³/mol. The van der Waals surface area contributed by atoms with Crippen LogP contribution in [0.5, 0.6) is 0 Å². The molecule has 0 saturated carbocycles. The Morgan fingerprint density at radius 2 is 1.88 bits per heavy atom. The quantitative estimate of drug-likeness (QED) is 0.837. The van der Waals surface area contributed by atoms with Crippen LogP contribution in [-0.2, 0) is 4.79 Å². The topological polar surface area (TPSA) is 73.0 Å². The fourth-order valence-electron chi connectivity index (χ4n) is 2.55. The maximum atomic E-state index is 12.4. The van der Waals surface area contributed by atoms with Crippen LogP contribution < -0.4 is 5.32 Å². The van der Waals surface area contributed by atoms with Gasteiger partial charge in [0.2, 0.25) is 5.91 Å². The van der Waals surface area contributed by atoms with Gasteiger partial charge in [0.05, 0.1) is 6.54 Å². The summed E-state index contributed by atoms with van der Waals surface area (Å²) in [5.41, 5.74) is 1.98. The summed E-state index contributed by atoms with van der Waals surface area (Å²) in [5.74, 6) is 0.0641. The molecule has 2 rings (SSSR count). The molecule has 1 aliphatic rings. The SMILES string of the molecule is Cc1c(C=O)cccc1NC(=O)N1CCN(CC(=O)N(C)C)CC1. The maximum Gasteiger partial charge on any atom is 0.321 e. The first-order valence-electron chi connectivity index (χ1n) is 7.95. The van der Waals surface area contributed by atoms with E-state index >= 15 is 0 Å². The van der Waals surface area contributed by atoms with E-state index in [1.54, 1.807) is 42.1 Å². The van der Waals surface area contributed by atoms with Crippen LogP contribution in [0.25, 0.3) is 0 Å². The second kappa shape index (κ2) is 7.92. The van der Waals surface area contributed by atoms with Crippen LogP contribution in [0.15, 0.2) is 18.2 Å². The molecule has 0 bridgehead atoms. The molecule has 0 radical (unpaired) electrons. The first-order chi connectivity index (χ1) is 11.4. The highest BCUT2D eigenvalue weighted by atomic mass is 16.2. The minimum Gasteiger partial charge on any atom is -0.348 e. The third-order valence-corrected chi connectivity index (χ3v) is 4.26. The number of urea groups is 1. The number of carbonyl (C=O) groups is 3. The number of hydrogen-bond acceptors (Lipinski definition) is 4. The lowest BCUT2D eigenvalue weighted by molar-refractivity contribution is -0.130. The van der Waals surface area contributed by atoms with Crippen molar-refractivity contribution in [3.8, 4) is 0 Å². The van der Waals surface area contributed by atoms with Crippen molar-refractivity contribution in [2.24, 2.45) is 0 Å². The second-order valence-corrected chi connectivity index (χ2v) is 6.12. The molecule has 7 heteroatoms. The summed E-state index contributed by atoms with van der Waals surface area (Å²) in [7, 11) is 3.48. The van der Waals surface area contributed by atoms with Crippen LogP contribution in [0.1, 0.15) is 15.9 Å². The number of nitrogens with zero attached hydrogens (tertiary/aromatic N) is 3. The van der Waals surface area contributed by atoms with E-state index in [1.165, 1.54) is 0 Å². The molecule has 1 aromatic rings. The molecule has 1 aromatic carbocycles. The number of aldehydes is 1. The summed E-state index contributed by atoms with van der Waals surface area (Å²) >= 11 is 0. The number of rotatable bonds is 4. The summed E-state index contributed by atoms with van der Waals surface area (Å²) < 4.78 is 0. The molecule has 24 heavy (non-hydrogen) atoms. The summed E-state index contributed by atoms with van der Waals surface area (Å²) in [6.45, 7) is 4.66. The number of likely N-dealkylation sites (N-methyl/N-ethyl adjacent to an activating group) is 1. The van der Waals surface area contributed by atoms with Crippen LogP contribution in [0.2, 0.25) is 0 Å². The minimum absolute atomic E-state index is 0.0641. The van der Waals surface area contributed by atoms with Crippen molar-refractivity contribution in [3.63, 3.8) is 0 Å². The van der Waals surface area contributed by atoms with Crippen LogP contribution in [0.3, 0.4) is 0 Å². The number of amides is 3. The number of hydrogen-bond donors (Lipinski definition) is 1. The predicted octanol–water partition coefficient (Wildman–Crippen LogP) is 1.05. The van der Waals surface area contributed by atoms with Gasteiger partial charge in [0.25, 0.3) is 0 Å². The zero-order chi connectivity index (χ0) is 17.7. The Morgan fingerprint density at radius 1 is 1.21 bits per heavy atom. The number of carbonyl (C=O) groups excluding carboxylic acids is 3. The Bertz CT molecular complexity index is 622. The molecule has 1 aliphatic heterocycles. The monoisotopic (exact) mass is 332 g/mol. The van der Waals surface area contributed by atoms with Crippen molar-refractivity contribution in [2.75, 3.05) is 52.1 Å². The lowest BCUT2D eigenvalue weighted by Crippen LogP contribution is -2.52. The van der Waals surface area contributed by atoms with Crippen molar-refractivity contribution in [2.45, 2.75) is 6.92 Å². The van der Waals surface area contributed by atoms with Gasteiger partial charge in [0, 0.05) is 51.5 Å². The molecule has 130 valence electrons. The van der Waals surface area contributed by atoms with Crippen molar-refractivity contribution < 1.29 is 14.4 Å². The Labute approximate surface area is 142 Å². The third-order valence-electron chi connectivity index (χ3n) is 4.26. The molecule has 0 spiro atoms. The van der Waals surface area contributed by atoms with Crippen LogP contribution in [0.4, 0.5) is 10.5 Å². The van der Waals surface area contributed by atoms with Crippen LogP contribution >= 0.6 is 0 Å². The molecule has 0 aliphatic carbocycles. The van der Waals surface area contributed by atoms with E-state index in [0.29, 0.717) is 44.0 Å². The molecular formula is C17H24N4O3. The van der Waals surface area contributed by atoms with Gasteiger partial charge in [0.1, 0.15) is 6.29 Å². The number of benzene rings is 1. The lowest BCUT2D eigenvalue weighted by Gasteiger charge is -2.34. The van der Waals surface area contributed by atoms with Crippen LogP contribution in [0, 0.1) is 6.92 Å². The van der Waals surface area contributed by atoms with Crippen molar-refractivity contribution >= 4 is 23.9 Å². The smallest absolute Gasteiger partial charge is 0.321 e. The molecule has 1 N–H and O–H groups in total. The Kier molecular flexibility index (Phi) is 5.92. The van der Waals surface area contributed by atoms with Gasteiger partial charge in [-0.2, -0.15) is 0 Å². The molecule has 1 fully saturated rings. The van der Waals surface area contributed by atoms with E-state index < -0.39 is 0 Å². The molecule has 3 amide bonds. The summed E-state index contributed by atoms with van der Waals surface area (Å²) in [4.78, 5) is 40.4. The van der Waals surface area contributed by atoms with Crippen LogP contribution in [-0.4, -0.2) is 79.7 Å². The third kappa shape index (κ3) is 4.32. The van der Waals surface area contributed by atoms with Gasteiger partial charge in [-0.25, -0.2) is 4.79 Å². The molecule has 1 saturated heterocycles. The lowest BCUT2D eigenvalue weighted by atomic mass is 10.1. The highest BCUT2D eigenvalue weighted by Crippen LogP contribution is 2.18. The van der Waals surface area contributed by atoms with Gasteiger partial charge < -0.3 is 15.1 Å². The Hall–Kier alpha value is -2.41. The highest BCUT2D eigenvalue weighted by Gasteiger charge is 2.23. The normalized spacial score (nSPS) is 15.0. The van der Waals surface area contributed by atoms with E-state index in [4.69, 9.17) is 0 Å². The molecule has 1 heterocycles.